The van der Waals surface area contributed by atoms with Gasteiger partial charge in [0.25, 0.3) is 0 Å². The molecule has 0 aromatic carbocycles. The second-order valence-electron chi connectivity index (χ2n) is 5.48. The van der Waals surface area contributed by atoms with E-state index in [0.29, 0.717) is 18.2 Å². The molecular weight excluding hydrogens is 304 g/mol. The standard InChI is InChI=1S/C17H16N6O/c1-11-6-7-12(24-11)9-19-15-13-10-20-23(2)17(13)22-16(21-15)14-5-3-4-8-18-14/h3-8,10H,9H2,1-2H3,(H,19,21,22). The first-order valence-electron chi connectivity index (χ1n) is 7.61. The van der Waals surface area contributed by atoms with E-state index in [2.05, 4.69) is 25.4 Å². The number of hydrogen-bond donors (Lipinski definition) is 1. The van der Waals surface area contributed by atoms with Gasteiger partial charge in [-0.3, -0.25) is 9.67 Å². The lowest BCUT2D eigenvalue weighted by Gasteiger charge is -2.08. The molecule has 0 amide bonds. The van der Waals surface area contributed by atoms with E-state index in [1.807, 2.05) is 44.3 Å². The Morgan fingerprint density at radius 2 is 2.08 bits per heavy atom. The molecule has 0 saturated heterocycles. The van der Waals surface area contributed by atoms with Gasteiger partial charge in [-0.2, -0.15) is 5.10 Å². The molecule has 1 N–H and O–H groups in total. The zero-order valence-corrected chi connectivity index (χ0v) is 13.4. The third kappa shape index (κ3) is 2.60. The van der Waals surface area contributed by atoms with Crippen molar-refractivity contribution in [3.8, 4) is 11.5 Å². The van der Waals surface area contributed by atoms with Crippen molar-refractivity contribution in [3.05, 3.63) is 54.2 Å². The van der Waals surface area contributed by atoms with Crippen LogP contribution in [0.2, 0.25) is 0 Å². The van der Waals surface area contributed by atoms with Gasteiger partial charge < -0.3 is 9.73 Å². The monoisotopic (exact) mass is 320 g/mol. The summed E-state index contributed by atoms with van der Waals surface area (Å²) in [5, 5.41) is 8.46. The summed E-state index contributed by atoms with van der Waals surface area (Å²) in [4.78, 5) is 13.5. The van der Waals surface area contributed by atoms with Gasteiger partial charge in [0, 0.05) is 13.2 Å². The van der Waals surface area contributed by atoms with Crippen molar-refractivity contribution in [1.29, 1.82) is 0 Å². The van der Waals surface area contributed by atoms with E-state index in [0.717, 1.165) is 28.2 Å². The predicted molar refractivity (Wildman–Crippen MR) is 90.3 cm³/mol. The van der Waals surface area contributed by atoms with Crippen LogP contribution in [-0.4, -0.2) is 24.7 Å². The number of fused-ring (bicyclic) bond motifs is 1. The Balaban J connectivity index is 1.75. The Bertz CT molecular complexity index is 989. The van der Waals surface area contributed by atoms with Crippen molar-refractivity contribution >= 4 is 16.9 Å². The van der Waals surface area contributed by atoms with Crippen molar-refractivity contribution in [1.82, 2.24) is 24.7 Å². The van der Waals surface area contributed by atoms with Crippen molar-refractivity contribution in [2.75, 3.05) is 5.32 Å². The number of nitrogens with one attached hydrogen (secondary N) is 1. The van der Waals surface area contributed by atoms with Gasteiger partial charge in [-0.15, -0.1) is 0 Å². The summed E-state index contributed by atoms with van der Waals surface area (Å²) in [6, 6.07) is 9.55. The van der Waals surface area contributed by atoms with E-state index in [1.165, 1.54) is 0 Å². The van der Waals surface area contributed by atoms with Crippen molar-refractivity contribution in [3.63, 3.8) is 0 Å². The summed E-state index contributed by atoms with van der Waals surface area (Å²) >= 11 is 0. The van der Waals surface area contributed by atoms with Crippen LogP contribution in [0.25, 0.3) is 22.6 Å². The molecule has 0 saturated carbocycles. The molecule has 0 aliphatic carbocycles. The minimum Gasteiger partial charge on any atom is -0.465 e. The average molecular weight is 320 g/mol. The van der Waals surface area contributed by atoms with Gasteiger partial charge in [0.15, 0.2) is 11.5 Å². The largest absolute Gasteiger partial charge is 0.465 e. The van der Waals surface area contributed by atoms with Crippen molar-refractivity contribution in [2.24, 2.45) is 7.05 Å². The molecule has 24 heavy (non-hydrogen) atoms. The minimum atomic E-state index is 0.538. The van der Waals surface area contributed by atoms with Gasteiger partial charge >= 0.3 is 0 Å². The van der Waals surface area contributed by atoms with Crippen molar-refractivity contribution in [2.45, 2.75) is 13.5 Å². The summed E-state index contributed by atoms with van der Waals surface area (Å²) < 4.78 is 7.33. The SMILES string of the molecule is Cc1ccc(CNc2nc(-c3ccccn3)nc3c2cnn3C)o1. The first-order chi connectivity index (χ1) is 11.7. The lowest BCUT2D eigenvalue weighted by Crippen LogP contribution is -2.04. The molecule has 0 spiro atoms. The maximum Gasteiger partial charge on any atom is 0.182 e. The highest BCUT2D eigenvalue weighted by Gasteiger charge is 2.13. The fourth-order valence-corrected chi connectivity index (χ4v) is 2.52. The van der Waals surface area contributed by atoms with E-state index in [9.17, 15) is 0 Å². The first kappa shape index (κ1) is 14.4. The third-order valence-corrected chi connectivity index (χ3v) is 3.71. The maximum atomic E-state index is 5.60. The molecule has 0 atom stereocenters. The number of rotatable bonds is 4. The van der Waals surface area contributed by atoms with Crippen molar-refractivity contribution < 1.29 is 4.42 Å². The number of nitrogens with zero attached hydrogens (tertiary/aromatic N) is 5. The number of anilines is 1. The normalized spacial score (nSPS) is 11.1. The fourth-order valence-electron chi connectivity index (χ4n) is 2.52. The number of pyridine rings is 1. The summed E-state index contributed by atoms with van der Waals surface area (Å²) in [5.41, 5.74) is 1.47. The number of aryl methyl sites for hydroxylation is 2. The highest BCUT2D eigenvalue weighted by atomic mass is 16.3. The predicted octanol–water partition coefficient (Wildman–Crippen LogP) is 2.94. The molecule has 0 aliphatic heterocycles. The van der Waals surface area contributed by atoms with Gasteiger partial charge in [0.2, 0.25) is 0 Å². The zero-order chi connectivity index (χ0) is 16.5. The molecule has 0 fully saturated rings. The van der Waals surface area contributed by atoms with Crippen LogP contribution in [0.15, 0.2) is 47.1 Å². The Morgan fingerprint density at radius 3 is 2.83 bits per heavy atom. The third-order valence-electron chi connectivity index (χ3n) is 3.71. The second kappa shape index (κ2) is 5.77. The fraction of sp³-hybridized carbons (Fsp3) is 0.176. The van der Waals surface area contributed by atoms with Gasteiger partial charge in [-0.05, 0) is 31.2 Å². The lowest BCUT2D eigenvalue weighted by molar-refractivity contribution is 0.490. The molecule has 0 unspecified atom stereocenters. The Morgan fingerprint density at radius 1 is 1.17 bits per heavy atom. The highest BCUT2D eigenvalue weighted by molar-refractivity contribution is 5.87. The molecule has 0 bridgehead atoms. The average Bonchev–Trinajstić information content (AvgIpc) is 3.19. The maximum absolute atomic E-state index is 5.60. The second-order valence-corrected chi connectivity index (χ2v) is 5.48. The summed E-state index contributed by atoms with van der Waals surface area (Å²) in [6.07, 6.45) is 3.48. The Kier molecular flexibility index (Phi) is 3.45. The number of furan rings is 1. The topological polar surface area (TPSA) is 81.7 Å². The van der Waals surface area contributed by atoms with Crippen LogP contribution in [0.5, 0.6) is 0 Å². The van der Waals surface area contributed by atoms with E-state index < -0.39 is 0 Å². The highest BCUT2D eigenvalue weighted by Crippen LogP contribution is 2.24. The molecule has 0 radical (unpaired) electrons. The van der Waals surface area contributed by atoms with E-state index in [1.54, 1.807) is 17.1 Å². The van der Waals surface area contributed by atoms with E-state index >= 15 is 0 Å². The summed E-state index contributed by atoms with van der Waals surface area (Å²) in [7, 11) is 1.86. The smallest absolute Gasteiger partial charge is 0.182 e. The van der Waals surface area contributed by atoms with Gasteiger partial charge in [-0.25, -0.2) is 9.97 Å². The van der Waals surface area contributed by atoms with Crippen LogP contribution in [-0.2, 0) is 13.6 Å². The van der Waals surface area contributed by atoms with Crippen LogP contribution in [0.4, 0.5) is 5.82 Å². The Hall–Kier alpha value is -3.22. The van der Waals surface area contributed by atoms with Gasteiger partial charge in [-0.1, -0.05) is 6.07 Å². The van der Waals surface area contributed by atoms with Crippen LogP contribution in [0, 0.1) is 6.92 Å². The molecule has 7 nitrogen and oxygen atoms in total. The Labute approximate surface area is 138 Å². The molecule has 7 heteroatoms. The molecule has 4 heterocycles. The molecule has 4 rings (SSSR count). The molecular formula is C17H16N6O. The first-order valence-corrected chi connectivity index (χ1v) is 7.61. The van der Waals surface area contributed by atoms with Gasteiger partial charge in [0.05, 0.1) is 18.1 Å². The van der Waals surface area contributed by atoms with Gasteiger partial charge in [0.1, 0.15) is 23.0 Å². The zero-order valence-electron chi connectivity index (χ0n) is 13.4. The summed E-state index contributed by atoms with van der Waals surface area (Å²) in [6.45, 7) is 2.46. The number of aromatic nitrogens is 5. The number of hydrogen-bond acceptors (Lipinski definition) is 6. The van der Waals surface area contributed by atoms with Crippen LogP contribution in [0.3, 0.4) is 0 Å². The molecule has 4 aromatic heterocycles. The van der Waals surface area contributed by atoms with Crippen LogP contribution < -0.4 is 5.32 Å². The quantitative estimate of drug-likeness (QED) is 0.622. The van der Waals surface area contributed by atoms with E-state index in [4.69, 9.17) is 4.42 Å². The summed E-state index contributed by atoms with van der Waals surface area (Å²) in [5.74, 6) is 3.00. The minimum absolute atomic E-state index is 0.538. The molecule has 120 valence electrons. The van der Waals surface area contributed by atoms with E-state index in [-0.39, 0.29) is 0 Å². The molecule has 4 aromatic rings. The lowest BCUT2D eigenvalue weighted by atomic mass is 10.3. The van der Waals surface area contributed by atoms with Crippen LogP contribution >= 0.6 is 0 Å². The van der Waals surface area contributed by atoms with Crippen LogP contribution in [0.1, 0.15) is 11.5 Å². The molecule has 0 aliphatic rings.